The monoisotopic (exact) mass is 303 g/mol. The van der Waals surface area contributed by atoms with Crippen LogP contribution in [0.3, 0.4) is 0 Å². The average molecular weight is 304 g/mol. The minimum atomic E-state index is 0. The first-order valence-electron chi connectivity index (χ1n) is 7.65. The zero-order valence-corrected chi connectivity index (χ0v) is 17.4. The predicted molar refractivity (Wildman–Crippen MR) is 85.4 cm³/mol. The number of likely N-dealkylation sites (tertiary alicyclic amines) is 1. The van der Waals surface area contributed by atoms with Crippen LogP contribution in [0.25, 0.3) is 5.32 Å². The van der Waals surface area contributed by atoms with E-state index >= 15 is 0 Å². The van der Waals surface area contributed by atoms with Gasteiger partial charge in [-0.3, -0.25) is 0 Å². The van der Waals surface area contributed by atoms with Gasteiger partial charge >= 0.3 is 51.4 Å². The molecule has 2 heterocycles. The zero-order chi connectivity index (χ0) is 13.0. The number of hydrogen-bond donors (Lipinski definition) is 0. The van der Waals surface area contributed by atoms with Crippen molar-refractivity contribution in [2.45, 2.75) is 46.0 Å². The molecule has 0 aromatic heterocycles. The Bertz CT molecular complexity index is 273. The van der Waals surface area contributed by atoms with Gasteiger partial charge in [0.2, 0.25) is 0 Å². The Labute approximate surface area is 169 Å². The molecular weight excluding hydrogens is 271 g/mol. The van der Waals surface area contributed by atoms with Crippen LogP contribution in [0.4, 0.5) is 0 Å². The van der Waals surface area contributed by atoms with E-state index in [0.717, 1.165) is 13.1 Å². The standard InChI is InChI=1S/C16H29N2.CH3.K/c1-14(2)15(3)4-11-18-12-7-16(8-13-18)5-9-17-10-6-16;;/h14H,3-13H2,1-2H3;1H3;/q2*-1;+1. The predicted octanol–water partition coefficient (Wildman–Crippen LogP) is 1.29. The van der Waals surface area contributed by atoms with Gasteiger partial charge in [0, 0.05) is 6.54 Å². The topological polar surface area (TPSA) is 17.3 Å². The summed E-state index contributed by atoms with van der Waals surface area (Å²) in [5.74, 6) is 0.640. The van der Waals surface area contributed by atoms with Gasteiger partial charge in [-0.25, -0.2) is 0 Å². The fraction of sp³-hybridized carbons (Fsp3) is 0.824. The zero-order valence-electron chi connectivity index (χ0n) is 14.2. The van der Waals surface area contributed by atoms with Crippen molar-refractivity contribution in [3.8, 4) is 0 Å². The van der Waals surface area contributed by atoms with Crippen LogP contribution >= 0.6 is 0 Å². The fourth-order valence-corrected chi connectivity index (χ4v) is 3.21. The molecule has 0 saturated carbocycles. The molecule has 0 amide bonds. The molecule has 0 aliphatic carbocycles. The summed E-state index contributed by atoms with van der Waals surface area (Å²) in [6.07, 6.45) is 6.67. The van der Waals surface area contributed by atoms with Crippen LogP contribution in [-0.2, 0) is 0 Å². The number of piperidine rings is 2. The third kappa shape index (κ3) is 6.19. The Morgan fingerprint density at radius 3 is 2.20 bits per heavy atom. The molecule has 2 saturated heterocycles. The molecule has 0 bridgehead atoms. The van der Waals surface area contributed by atoms with Crippen LogP contribution in [0.5, 0.6) is 0 Å². The van der Waals surface area contributed by atoms with E-state index in [-0.39, 0.29) is 58.8 Å². The van der Waals surface area contributed by atoms with Crippen LogP contribution in [-0.4, -0.2) is 37.6 Å². The molecule has 0 aromatic carbocycles. The normalized spacial score (nSPS) is 22.1. The third-order valence-electron chi connectivity index (χ3n) is 5.08. The van der Waals surface area contributed by atoms with Crippen molar-refractivity contribution in [2.24, 2.45) is 11.3 Å². The van der Waals surface area contributed by atoms with Crippen molar-refractivity contribution in [2.75, 3.05) is 32.7 Å². The van der Waals surface area contributed by atoms with Crippen molar-refractivity contribution >= 4 is 0 Å². The number of rotatable bonds is 4. The van der Waals surface area contributed by atoms with E-state index in [0.29, 0.717) is 11.3 Å². The van der Waals surface area contributed by atoms with Gasteiger partial charge in [0.05, 0.1) is 0 Å². The summed E-state index contributed by atoms with van der Waals surface area (Å²) in [7, 11) is 0. The third-order valence-corrected chi connectivity index (χ3v) is 5.08. The van der Waals surface area contributed by atoms with Crippen molar-refractivity contribution < 1.29 is 51.4 Å². The minimum Gasteiger partial charge on any atom is -0.662 e. The Balaban J connectivity index is 0.00000180. The Morgan fingerprint density at radius 2 is 1.70 bits per heavy atom. The maximum atomic E-state index is 4.50. The van der Waals surface area contributed by atoms with E-state index in [4.69, 9.17) is 0 Å². The molecule has 3 heteroatoms. The summed E-state index contributed by atoms with van der Waals surface area (Å²) in [5.41, 5.74) is 2.07. The maximum Gasteiger partial charge on any atom is 1.00 e. The molecule has 112 valence electrons. The fourth-order valence-electron chi connectivity index (χ4n) is 3.21. The number of hydrogen-bond acceptors (Lipinski definition) is 1. The number of nitrogens with zero attached hydrogens (tertiary/aromatic N) is 2. The van der Waals surface area contributed by atoms with E-state index < -0.39 is 0 Å². The second kappa shape index (κ2) is 10.1. The second-order valence-electron chi connectivity index (χ2n) is 6.58. The van der Waals surface area contributed by atoms with Gasteiger partial charge in [0.25, 0.3) is 0 Å². The summed E-state index contributed by atoms with van der Waals surface area (Å²) in [5, 5.41) is 4.50. The van der Waals surface area contributed by atoms with E-state index in [9.17, 15) is 0 Å². The van der Waals surface area contributed by atoms with Gasteiger partial charge in [-0.05, 0) is 43.7 Å². The van der Waals surface area contributed by atoms with Crippen LogP contribution in [0.15, 0.2) is 12.2 Å². The Kier molecular flexibility index (Phi) is 10.8. The molecule has 0 aromatic rings. The molecule has 0 N–H and O–H groups in total. The molecule has 0 radical (unpaired) electrons. The second-order valence-corrected chi connectivity index (χ2v) is 6.58. The molecule has 2 nitrogen and oxygen atoms in total. The summed E-state index contributed by atoms with van der Waals surface area (Å²) in [4.78, 5) is 2.64. The van der Waals surface area contributed by atoms with Crippen molar-refractivity contribution in [3.05, 3.63) is 24.9 Å². The molecular formula is C17H32KN2-. The van der Waals surface area contributed by atoms with Crippen molar-refractivity contribution in [1.29, 1.82) is 0 Å². The average Bonchev–Trinajstić information content (AvgIpc) is 2.39. The first kappa shape index (κ1) is 21.3. The van der Waals surface area contributed by atoms with Gasteiger partial charge in [-0.2, -0.15) is 0 Å². The SMILES string of the molecule is C=C(CCN1CCC2(CC[N-]CC2)CC1)C(C)C.[CH3-].[K+]. The van der Waals surface area contributed by atoms with Crippen LogP contribution < -0.4 is 51.4 Å². The molecule has 2 rings (SSSR count). The molecule has 2 aliphatic rings. The first-order valence-corrected chi connectivity index (χ1v) is 7.65. The Hall–Kier alpha value is 1.30. The van der Waals surface area contributed by atoms with Crippen molar-refractivity contribution in [1.82, 2.24) is 4.90 Å². The van der Waals surface area contributed by atoms with Crippen molar-refractivity contribution in [3.63, 3.8) is 0 Å². The largest absolute Gasteiger partial charge is 1.00 e. The molecule has 0 unspecified atom stereocenters. The molecule has 20 heavy (non-hydrogen) atoms. The Morgan fingerprint density at radius 1 is 1.15 bits per heavy atom. The van der Waals surface area contributed by atoms with Crippen LogP contribution in [0.2, 0.25) is 0 Å². The summed E-state index contributed by atoms with van der Waals surface area (Å²) in [6, 6.07) is 0. The molecule has 2 aliphatic heterocycles. The van der Waals surface area contributed by atoms with Gasteiger partial charge in [-0.1, -0.05) is 38.8 Å². The van der Waals surface area contributed by atoms with E-state index in [1.807, 2.05) is 0 Å². The maximum absolute atomic E-state index is 4.50. The molecule has 0 atom stereocenters. The first-order chi connectivity index (χ1) is 8.61. The summed E-state index contributed by atoms with van der Waals surface area (Å²) < 4.78 is 0. The van der Waals surface area contributed by atoms with Gasteiger partial charge < -0.3 is 17.6 Å². The molecule has 1 spiro atoms. The molecule has 2 fully saturated rings. The van der Waals surface area contributed by atoms with Gasteiger partial charge in [0.1, 0.15) is 0 Å². The summed E-state index contributed by atoms with van der Waals surface area (Å²) in [6.45, 7) is 14.7. The van der Waals surface area contributed by atoms with Gasteiger partial charge in [0.15, 0.2) is 0 Å². The van der Waals surface area contributed by atoms with E-state index in [1.165, 1.54) is 57.3 Å². The van der Waals surface area contributed by atoms with Gasteiger partial charge in [-0.15, -0.1) is 13.1 Å². The van der Waals surface area contributed by atoms with E-state index in [2.05, 4.69) is 30.6 Å². The van der Waals surface area contributed by atoms with E-state index in [1.54, 1.807) is 0 Å². The van der Waals surface area contributed by atoms with Crippen LogP contribution in [0, 0.1) is 18.8 Å². The quantitative estimate of drug-likeness (QED) is 0.435. The van der Waals surface area contributed by atoms with Crippen LogP contribution in [0.1, 0.15) is 46.0 Å². The summed E-state index contributed by atoms with van der Waals surface area (Å²) >= 11 is 0. The minimum absolute atomic E-state index is 0. The smallest absolute Gasteiger partial charge is 0.662 e.